The third-order valence-corrected chi connectivity index (χ3v) is 4.10. The number of carbonyl (C=O) groups excluding carboxylic acids is 1. The summed E-state index contributed by atoms with van der Waals surface area (Å²) in [7, 11) is 0. The number of anilines is 1. The van der Waals surface area contributed by atoms with Crippen molar-refractivity contribution >= 4 is 23.3 Å². The lowest BCUT2D eigenvalue weighted by Gasteiger charge is -2.33. The molecule has 0 saturated heterocycles. The molecule has 0 aromatic heterocycles. The minimum absolute atomic E-state index is 0.249. The number of ether oxygens (including phenoxy) is 1. The van der Waals surface area contributed by atoms with Gasteiger partial charge in [0.1, 0.15) is 0 Å². The highest BCUT2D eigenvalue weighted by molar-refractivity contribution is 6.30. The zero-order valence-electron chi connectivity index (χ0n) is 14.4. The Balaban J connectivity index is 2.29. The van der Waals surface area contributed by atoms with Crippen LogP contribution in [0.25, 0.3) is 0 Å². The lowest BCUT2D eigenvalue weighted by molar-refractivity contribution is -0.145. The molecule has 0 aliphatic rings. The van der Waals surface area contributed by atoms with E-state index < -0.39 is 24.1 Å². The number of hydrogen-bond donors (Lipinski definition) is 1. The summed E-state index contributed by atoms with van der Waals surface area (Å²) in [4.78, 5) is 11.7. The Morgan fingerprint density at radius 3 is 2.15 bits per heavy atom. The van der Waals surface area contributed by atoms with Gasteiger partial charge < -0.3 is 10.1 Å². The minimum Gasteiger partial charge on any atom is -0.462 e. The zero-order valence-corrected chi connectivity index (χ0v) is 15.1. The summed E-state index contributed by atoms with van der Waals surface area (Å²) in [5.41, 5.74) is -0.149. The summed E-state index contributed by atoms with van der Waals surface area (Å²) >= 11 is 5.84. The number of halogens is 4. The maximum Gasteiger partial charge on any atom is 0.391 e. The molecule has 0 saturated carbocycles. The van der Waals surface area contributed by atoms with Crippen molar-refractivity contribution in [2.24, 2.45) is 0 Å². The fourth-order valence-electron chi connectivity index (χ4n) is 2.66. The van der Waals surface area contributed by atoms with Crippen molar-refractivity contribution in [3.8, 4) is 0 Å². The van der Waals surface area contributed by atoms with Crippen LogP contribution in [0.1, 0.15) is 36.2 Å². The molecule has 1 unspecified atom stereocenters. The molecule has 0 amide bonds. The summed E-state index contributed by atoms with van der Waals surface area (Å²) in [6.07, 6.45) is -5.44. The molecule has 0 heterocycles. The summed E-state index contributed by atoms with van der Waals surface area (Å²) in [6.45, 7) is 3.42. The molecule has 3 nitrogen and oxygen atoms in total. The first-order valence-electron chi connectivity index (χ1n) is 8.01. The predicted molar refractivity (Wildman–Crippen MR) is 95.5 cm³/mol. The van der Waals surface area contributed by atoms with Crippen molar-refractivity contribution in [3.05, 3.63) is 64.7 Å². The van der Waals surface area contributed by atoms with Crippen LogP contribution in [0, 0.1) is 0 Å². The van der Waals surface area contributed by atoms with Crippen molar-refractivity contribution in [3.63, 3.8) is 0 Å². The standard InChI is InChI=1S/C19H19ClF3NO2/c1-3-26-17(25)13-4-10-16(11-5-13)24-18(2,12-19(21,22)23)14-6-8-15(20)9-7-14/h4-11,24H,3,12H2,1-2H3. The zero-order chi connectivity index (χ0) is 19.4. The van der Waals surface area contributed by atoms with Crippen LogP contribution in [0.3, 0.4) is 0 Å². The summed E-state index contributed by atoms with van der Waals surface area (Å²) < 4.78 is 44.3. The number of carbonyl (C=O) groups is 1. The summed E-state index contributed by atoms with van der Waals surface area (Å²) in [5.74, 6) is -0.477. The molecule has 0 aliphatic heterocycles. The van der Waals surface area contributed by atoms with Gasteiger partial charge in [0.05, 0.1) is 24.1 Å². The lowest BCUT2D eigenvalue weighted by atomic mass is 9.88. The van der Waals surface area contributed by atoms with Crippen LogP contribution in [0.5, 0.6) is 0 Å². The van der Waals surface area contributed by atoms with Crippen molar-refractivity contribution in [2.45, 2.75) is 32.0 Å². The average molecular weight is 386 g/mol. The maximum absolute atomic E-state index is 13.1. The van der Waals surface area contributed by atoms with Gasteiger partial charge in [0.25, 0.3) is 0 Å². The highest BCUT2D eigenvalue weighted by atomic mass is 35.5. The monoisotopic (exact) mass is 385 g/mol. The number of nitrogens with one attached hydrogen (secondary N) is 1. The highest BCUT2D eigenvalue weighted by Gasteiger charge is 2.40. The lowest BCUT2D eigenvalue weighted by Crippen LogP contribution is -2.37. The Bertz CT molecular complexity index is 745. The van der Waals surface area contributed by atoms with Crippen LogP contribution in [0.2, 0.25) is 5.02 Å². The van der Waals surface area contributed by atoms with Crippen LogP contribution in [0.4, 0.5) is 18.9 Å². The van der Waals surface area contributed by atoms with Gasteiger partial charge in [-0.05, 0) is 55.8 Å². The molecular weight excluding hydrogens is 367 g/mol. The SMILES string of the molecule is CCOC(=O)c1ccc(NC(C)(CC(F)(F)F)c2ccc(Cl)cc2)cc1. The largest absolute Gasteiger partial charge is 0.462 e. The molecule has 26 heavy (non-hydrogen) atoms. The minimum atomic E-state index is -4.37. The van der Waals surface area contributed by atoms with E-state index in [1.54, 1.807) is 43.3 Å². The first-order chi connectivity index (χ1) is 12.1. The Labute approximate surface area is 155 Å². The van der Waals surface area contributed by atoms with Gasteiger partial charge >= 0.3 is 12.1 Å². The maximum atomic E-state index is 13.1. The van der Waals surface area contributed by atoms with E-state index in [-0.39, 0.29) is 6.61 Å². The topological polar surface area (TPSA) is 38.3 Å². The molecule has 2 aromatic carbocycles. The smallest absolute Gasteiger partial charge is 0.391 e. The van der Waals surface area contributed by atoms with Gasteiger partial charge in [0.15, 0.2) is 0 Å². The van der Waals surface area contributed by atoms with Crippen molar-refractivity contribution in [1.82, 2.24) is 0 Å². The second-order valence-electron chi connectivity index (χ2n) is 6.05. The number of hydrogen-bond acceptors (Lipinski definition) is 3. The van der Waals surface area contributed by atoms with Gasteiger partial charge in [-0.3, -0.25) is 0 Å². The molecule has 2 aromatic rings. The Kier molecular flexibility index (Phi) is 6.18. The Hall–Kier alpha value is -2.21. The van der Waals surface area contributed by atoms with E-state index in [1.165, 1.54) is 19.1 Å². The molecular formula is C19H19ClF3NO2. The van der Waals surface area contributed by atoms with Crippen molar-refractivity contribution in [2.75, 3.05) is 11.9 Å². The first kappa shape index (κ1) is 20.1. The Morgan fingerprint density at radius 1 is 1.08 bits per heavy atom. The van der Waals surface area contributed by atoms with E-state index >= 15 is 0 Å². The summed E-state index contributed by atoms with van der Waals surface area (Å²) in [5, 5.41) is 3.38. The van der Waals surface area contributed by atoms with Gasteiger partial charge in [-0.1, -0.05) is 23.7 Å². The molecule has 1 atom stereocenters. The normalized spacial score (nSPS) is 13.8. The van der Waals surface area contributed by atoms with E-state index in [4.69, 9.17) is 16.3 Å². The van der Waals surface area contributed by atoms with Gasteiger partial charge in [-0.15, -0.1) is 0 Å². The van der Waals surface area contributed by atoms with E-state index in [2.05, 4.69) is 5.32 Å². The van der Waals surface area contributed by atoms with Crippen LogP contribution in [-0.2, 0) is 10.3 Å². The third kappa shape index (κ3) is 5.39. The molecule has 0 bridgehead atoms. The number of esters is 1. The van der Waals surface area contributed by atoms with E-state index in [1.807, 2.05) is 0 Å². The summed E-state index contributed by atoms with van der Waals surface area (Å²) in [6, 6.07) is 12.4. The Morgan fingerprint density at radius 2 is 1.65 bits per heavy atom. The van der Waals surface area contributed by atoms with E-state index in [0.717, 1.165) is 0 Å². The fourth-order valence-corrected chi connectivity index (χ4v) is 2.79. The van der Waals surface area contributed by atoms with Gasteiger partial charge in [-0.25, -0.2) is 4.79 Å². The molecule has 0 radical (unpaired) electrons. The van der Waals surface area contributed by atoms with Crippen LogP contribution in [-0.4, -0.2) is 18.8 Å². The first-order valence-corrected chi connectivity index (χ1v) is 8.39. The van der Waals surface area contributed by atoms with Gasteiger partial charge in [-0.2, -0.15) is 13.2 Å². The second-order valence-corrected chi connectivity index (χ2v) is 6.49. The third-order valence-electron chi connectivity index (χ3n) is 3.85. The van der Waals surface area contributed by atoms with E-state index in [0.29, 0.717) is 21.8 Å². The molecule has 2 rings (SSSR count). The van der Waals surface area contributed by atoms with Crippen molar-refractivity contribution in [1.29, 1.82) is 0 Å². The van der Waals surface area contributed by atoms with E-state index in [9.17, 15) is 18.0 Å². The number of benzene rings is 2. The number of rotatable bonds is 6. The molecule has 0 aliphatic carbocycles. The molecule has 7 heteroatoms. The quantitative estimate of drug-likeness (QED) is 0.639. The van der Waals surface area contributed by atoms with Gasteiger partial charge in [0, 0.05) is 10.7 Å². The van der Waals surface area contributed by atoms with Crippen molar-refractivity contribution < 1.29 is 22.7 Å². The average Bonchev–Trinajstić information content (AvgIpc) is 2.54. The predicted octanol–water partition coefficient (Wildman–Crippen LogP) is 5.80. The molecule has 140 valence electrons. The molecule has 0 spiro atoms. The highest BCUT2D eigenvalue weighted by Crippen LogP contribution is 2.37. The fraction of sp³-hybridized carbons (Fsp3) is 0.316. The molecule has 1 N–H and O–H groups in total. The number of alkyl halides is 3. The van der Waals surface area contributed by atoms with Gasteiger partial charge in [0.2, 0.25) is 0 Å². The molecule has 0 fully saturated rings. The van der Waals surface area contributed by atoms with Crippen LogP contribution >= 0.6 is 11.6 Å². The second kappa shape index (κ2) is 7.99. The van der Waals surface area contributed by atoms with Crippen LogP contribution < -0.4 is 5.32 Å². The van der Waals surface area contributed by atoms with Crippen LogP contribution in [0.15, 0.2) is 48.5 Å².